The Morgan fingerprint density at radius 2 is 2.09 bits per heavy atom. The van der Waals surface area contributed by atoms with Gasteiger partial charge in [-0.3, -0.25) is 4.79 Å². The normalized spacial score (nSPS) is 15.8. The Morgan fingerprint density at radius 1 is 1.36 bits per heavy atom. The highest BCUT2D eigenvalue weighted by atomic mass is 35.5. The molecule has 0 aromatic carbocycles. The van der Waals surface area contributed by atoms with Crippen LogP contribution in [-0.4, -0.2) is 35.5 Å². The van der Waals surface area contributed by atoms with Crippen molar-refractivity contribution in [3.8, 4) is 0 Å². The van der Waals surface area contributed by atoms with Crippen LogP contribution in [0.1, 0.15) is 28.9 Å². The van der Waals surface area contributed by atoms with Crippen molar-refractivity contribution in [2.75, 3.05) is 24.5 Å². The average Bonchev–Trinajstić information content (AvgIpc) is 2.93. The SMILES string of the molecule is Cl.NCCC1CCN(c2ncnc3cc(C(N)=O)sc23)CC1. The van der Waals surface area contributed by atoms with Crippen molar-refractivity contribution in [1.82, 2.24) is 9.97 Å². The number of nitrogens with zero attached hydrogens (tertiary/aromatic N) is 3. The van der Waals surface area contributed by atoms with E-state index in [1.54, 1.807) is 12.4 Å². The highest BCUT2D eigenvalue weighted by molar-refractivity contribution is 7.21. The number of primary amides is 1. The lowest BCUT2D eigenvalue weighted by Gasteiger charge is -2.32. The number of hydrogen-bond donors (Lipinski definition) is 2. The minimum Gasteiger partial charge on any atom is -0.365 e. The molecule has 6 nitrogen and oxygen atoms in total. The Morgan fingerprint density at radius 3 is 2.73 bits per heavy atom. The summed E-state index contributed by atoms with van der Waals surface area (Å²) in [5, 5.41) is 0. The molecule has 3 heterocycles. The molecule has 1 aliphatic heterocycles. The van der Waals surface area contributed by atoms with E-state index in [1.807, 2.05) is 0 Å². The lowest BCUT2D eigenvalue weighted by atomic mass is 9.94. The Labute approximate surface area is 139 Å². The first-order valence-electron chi connectivity index (χ1n) is 7.18. The minimum absolute atomic E-state index is 0. The number of carbonyl (C=O) groups excluding carboxylic acids is 1. The van der Waals surface area contributed by atoms with Crippen molar-refractivity contribution in [2.24, 2.45) is 17.4 Å². The molecule has 4 N–H and O–H groups in total. The molecule has 1 aliphatic rings. The number of anilines is 1. The number of carbonyl (C=O) groups is 1. The van der Waals surface area contributed by atoms with Gasteiger partial charge in [-0.1, -0.05) is 0 Å². The van der Waals surface area contributed by atoms with Crippen molar-refractivity contribution in [3.05, 3.63) is 17.3 Å². The molecule has 0 unspecified atom stereocenters. The Hall–Kier alpha value is -1.44. The van der Waals surface area contributed by atoms with Crippen LogP contribution in [0.5, 0.6) is 0 Å². The summed E-state index contributed by atoms with van der Waals surface area (Å²) in [6.07, 6.45) is 4.92. The zero-order valence-corrected chi connectivity index (χ0v) is 13.8. The molecule has 2 aromatic heterocycles. The van der Waals surface area contributed by atoms with Crippen LogP contribution in [0.3, 0.4) is 0 Å². The summed E-state index contributed by atoms with van der Waals surface area (Å²) in [6, 6.07) is 1.74. The maximum atomic E-state index is 11.3. The number of halogens is 1. The van der Waals surface area contributed by atoms with Gasteiger partial charge in [0.05, 0.1) is 15.1 Å². The van der Waals surface area contributed by atoms with Crippen LogP contribution in [0.2, 0.25) is 0 Å². The summed E-state index contributed by atoms with van der Waals surface area (Å²) in [5.41, 5.74) is 11.8. The molecule has 1 fully saturated rings. The zero-order chi connectivity index (χ0) is 14.8. The van der Waals surface area contributed by atoms with Gasteiger partial charge in [-0.25, -0.2) is 9.97 Å². The molecule has 1 saturated heterocycles. The fraction of sp³-hybridized carbons (Fsp3) is 0.500. The summed E-state index contributed by atoms with van der Waals surface area (Å²) in [7, 11) is 0. The molecular formula is C14H20ClN5OS. The number of aromatic nitrogens is 2. The summed E-state index contributed by atoms with van der Waals surface area (Å²) in [6.45, 7) is 2.70. The summed E-state index contributed by atoms with van der Waals surface area (Å²) >= 11 is 1.38. The molecule has 0 radical (unpaired) electrons. The Bertz CT molecular complexity index is 654. The number of hydrogen-bond acceptors (Lipinski definition) is 6. The van der Waals surface area contributed by atoms with Gasteiger partial charge in [-0.05, 0) is 37.8 Å². The van der Waals surface area contributed by atoms with E-state index in [9.17, 15) is 4.79 Å². The van der Waals surface area contributed by atoms with Gasteiger partial charge < -0.3 is 16.4 Å². The van der Waals surface area contributed by atoms with Gasteiger partial charge in [-0.15, -0.1) is 23.7 Å². The van der Waals surface area contributed by atoms with E-state index in [0.29, 0.717) is 10.8 Å². The Balaban J connectivity index is 0.00000176. The number of piperidine rings is 1. The second-order valence-corrected chi connectivity index (χ2v) is 6.45. The van der Waals surface area contributed by atoms with E-state index in [1.165, 1.54) is 11.3 Å². The van der Waals surface area contributed by atoms with Crippen molar-refractivity contribution in [3.63, 3.8) is 0 Å². The van der Waals surface area contributed by atoms with Gasteiger partial charge in [0, 0.05) is 13.1 Å². The fourth-order valence-corrected chi connectivity index (χ4v) is 3.84. The predicted molar refractivity (Wildman–Crippen MR) is 91.8 cm³/mol. The average molecular weight is 342 g/mol. The first-order chi connectivity index (χ1) is 10.2. The van der Waals surface area contributed by atoms with Crippen LogP contribution >= 0.6 is 23.7 Å². The third-order valence-electron chi connectivity index (χ3n) is 4.02. The molecule has 0 aliphatic carbocycles. The largest absolute Gasteiger partial charge is 0.365 e. The van der Waals surface area contributed by atoms with E-state index in [4.69, 9.17) is 11.5 Å². The van der Waals surface area contributed by atoms with Crippen molar-refractivity contribution >= 4 is 45.7 Å². The standard InChI is InChI=1S/C14H19N5OS.ClH/c15-4-1-9-2-5-19(6-3-9)14-12-10(17-8-18-14)7-11(21-12)13(16)20;/h7-9H,1-6,15H2,(H2,16,20);1H. The molecule has 1 amide bonds. The number of amides is 1. The van der Waals surface area contributed by atoms with E-state index >= 15 is 0 Å². The molecule has 2 aromatic rings. The summed E-state index contributed by atoms with van der Waals surface area (Å²) < 4.78 is 0.948. The monoisotopic (exact) mass is 341 g/mol. The quantitative estimate of drug-likeness (QED) is 0.883. The summed E-state index contributed by atoms with van der Waals surface area (Å²) in [5.74, 6) is 1.22. The fourth-order valence-electron chi connectivity index (χ4n) is 2.86. The third-order valence-corrected chi connectivity index (χ3v) is 5.16. The van der Waals surface area contributed by atoms with Crippen LogP contribution in [0.4, 0.5) is 5.82 Å². The number of nitrogens with two attached hydrogens (primary N) is 2. The molecule has 22 heavy (non-hydrogen) atoms. The van der Waals surface area contributed by atoms with E-state index in [-0.39, 0.29) is 12.4 Å². The topological polar surface area (TPSA) is 98.1 Å². The van der Waals surface area contributed by atoms with Crippen LogP contribution < -0.4 is 16.4 Å². The van der Waals surface area contributed by atoms with E-state index < -0.39 is 5.91 Å². The van der Waals surface area contributed by atoms with Crippen LogP contribution in [-0.2, 0) is 0 Å². The third kappa shape index (κ3) is 3.31. The number of rotatable bonds is 4. The lowest BCUT2D eigenvalue weighted by molar-refractivity contribution is 0.100. The van der Waals surface area contributed by atoms with Crippen LogP contribution in [0.25, 0.3) is 10.2 Å². The number of fused-ring (bicyclic) bond motifs is 1. The van der Waals surface area contributed by atoms with Gasteiger partial charge in [0.1, 0.15) is 12.1 Å². The maximum absolute atomic E-state index is 11.3. The molecule has 0 saturated carbocycles. The molecule has 0 atom stereocenters. The molecule has 0 bridgehead atoms. The number of thiophene rings is 1. The van der Waals surface area contributed by atoms with Crippen LogP contribution in [0.15, 0.2) is 12.4 Å². The van der Waals surface area contributed by atoms with Gasteiger partial charge in [-0.2, -0.15) is 0 Å². The molecular weight excluding hydrogens is 322 g/mol. The Kier molecular flexibility index (Phi) is 5.55. The highest BCUT2D eigenvalue weighted by Gasteiger charge is 2.22. The molecule has 3 rings (SSSR count). The van der Waals surface area contributed by atoms with Gasteiger partial charge in [0.2, 0.25) is 0 Å². The predicted octanol–water partition coefficient (Wildman–Crippen LogP) is 1.78. The summed E-state index contributed by atoms with van der Waals surface area (Å²) in [4.78, 5) is 22.8. The van der Waals surface area contributed by atoms with Crippen LogP contribution in [0, 0.1) is 5.92 Å². The molecule has 0 spiro atoms. The second kappa shape index (κ2) is 7.21. The van der Waals surface area contributed by atoms with E-state index in [0.717, 1.165) is 54.9 Å². The van der Waals surface area contributed by atoms with Crippen molar-refractivity contribution in [1.29, 1.82) is 0 Å². The molecule has 8 heteroatoms. The smallest absolute Gasteiger partial charge is 0.258 e. The first kappa shape index (κ1) is 16.9. The molecule has 120 valence electrons. The lowest BCUT2D eigenvalue weighted by Crippen LogP contribution is -2.34. The van der Waals surface area contributed by atoms with E-state index in [2.05, 4.69) is 14.9 Å². The van der Waals surface area contributed by atoms with Gasteiger partial charge >= 0.3 is 0 Å². The maximum Gasteiger partial charge on any atom is 0.258 e. The first-order valence-corrected chi connectivity index (χ1v) is 8.00. The minimum atomic E-state index is -0.411. The highest BCUT2D eigenvalue weighted by Crippen LogP contribution is 2.33. The van der Waals surface area contributed by atoms with Crippen molar-refractivity contribution in [2.45, 2.75) is 19.3 Å². The zero-order valence-electron chi connectivity index (χ0n) is 12.2. The van der Waals surface area contributed by atoms with Crippen molar-refractivity contribution < 1.29 is 4.79 Å². The van der Waals surface area contributed by atoms with Gasteiger partial charge in [0.25, 0.3) is 5.91 Å². The van der Waals surface area contributed by atoms with Gasteiger partial charge in [0.15, 0.2) is 0 Å². The second-order valence-electron chi connectivity index (χ2n) is 5.39.